The molecule has 1 aliphatic rings. The molecule has 1 N–H and O–H groups in total. The average molecular weight is 433 g/mol. The third-order valence-electron chi connectivity index (χ3n) is 5.92. The highest BCUT2D eigenvalue weighted by Crippen LogP contribution is 2.25. The minimum absolute atomic E-state index is 0.116. The molecule has 1 aliphatic heterocycles. The van der Waals surface area contributed by atoms with Gasteiger partial charge in [0.1, 0.15) is 0 Å². The van der Waals surface area contributed by atoms with E-state index in [1.165, 1.54) is 24.0 Å². The van der Waals surface area contributed by atoms with Gasteiger partial charge in [-0.1, -0.05) is 48.0 Å². The van der Waals surface area contributed by atoms with Gasteiger partial charge in [-0.05, 0) is 50.6 Å². The lowest BCUT2D eigenvalue weighted by Gasteiger charge is -2.28. The van der Waals surface area contributed by atoms with Crippen molar-refractivity contribution >= 4 is 17.5 Å². The molecule has 2 aromatic rings. The third-order valence-corrected chi connectivity index (χ3v) is 5.92. The summed E-state index contributed by atoms with van der Waals surface area (Å²) < 4.78 is 0. The van der Waals surface area contributed by atoms with Crippen LogP contribution >= 0.6 is 0 Å². The van der Waals surface area contributed by atoms with Gasteiger partial charge in [0.25, 0.3) is 0 Å². The fraction of sp³-hybridized carbons (Fsp3) is 0.423. The largest absolute Gasteiger partial charge is 0.354 e. The molecule has 3 rings (SSSR count). The number of nitriles is 1. The normalized spacial score (nSPS) is 14.5. The number of carbonyl (C=O) groups excluding carboxylic acids is 2. The Kier molecular flexibility index (Phi) is 8.82. The molecule has 1 unspecified atom stereocenters. The molecule has 1 saturated heterocycles. The van der Waals surface area contributed by atoms with E-state index in [-0.39, 0.29) is 37.1 Å². The van der Waals surface area contributed by atoms with Crippen molar-refractivity contribution in [1.29, 1.82) is 5.26 Å². The number of benzene rings is 2. The Labute approximate surface area is 190 Å². The highest BCUT2D eigenvalue weighted by atomic mass is 16.2. The molecule has 2 aromatic carbocycles. The lowest BCUT2D eigenvalue weighted by Crippen LogP contribution is -2.37. The lowest BCUT2D eigenvalue weighted by atomic mass is 10.0. The van der Waals surface area contributed by atoms with Gasteiger partial charge in [-0.25, -0.2) is 0 Å². The first-order valence-corrected chi connectivity index (χ1v) is 11.4. The SMILES string of the molecule is Cc1ccc(C(CNC(=O)CCC(=O)N(CCC#N)c2ccccc2)N2CCCC2)cc1. The molecule has 0 spiro atoms. The maximum Gasteiger partial charge on any atom is 0.227 e. The molecule has 2 amide bonds. The Morgan fingerprint density at radius 2 is 1.75 bits per heavy atom. The number of hydrogen-bond acceptors (Lipinski definition) is 4. The summed E-state index contributed by atoms with van der Waals surface area (Å²) in [7, 11) is 0. The molecule has 1 atom stereocenters. The van der Waals surface area contributed by atoms with Gasteiger partial charge in [0, 0.05) is 31.6 Å². The second-order valence-electron chi connectivity index (χ2n) is 8.26. The van der Waals surface area contributed by atoms with Crippen molar-refractivity contribution in [1.82, 2.24) is 10.2 Å². The first-order valence-electron chi connectivity index (χ1n) is 11.4. The molecule has 0 saturated carbocycles. The van der Waals surface area contributed by atoms with E-state index in [4.69, 9.17) is 5.26 Å². The third kappa shape index (κ3) is 6.66. The van der Waals surface area contributed by atoms with Gasteiger partial charge in [-0.2, -0.15) is 5.26 Å². The Morgan fingerprint density at radius 3 is 2.41 bits per heavy atom. The number of likely N-dealkylation sites (tertiary alicyclic amines) is 1. The van der Waals surface area contributed by atoms with Crippen LogP contribution in [0.15, 0.2) is 54.6 Å². The number of nitrogens with zero attached hydrogens (tertiary/aromatic N) is 3. The van der Waals surface area contributed by atoms with E-state index in [2.05, 4.69) is 47.5 Å². The van der Waals surface area contributed by atoms with Crippen molar-refractivity contribution in [3.63, 3.8) is 0 Å². The summed E-state index contributed by atoms with van der Waals surface area (Å²) in [6, 6.07) is 20.0. The van der Waals surface area contributed by atoms with Crippen LogP contribution in [0.25, 0.3) is 0 Å². The summed E-state index contributed by atoms with van der Waals surface area (Å²) in [6.45, 7) is 5.01. The topological polar surface area (TPSA) is 76.4 Å². The molecule has 6 heteroatoms. The molecule has 0 bridgehead atoms. The predicted molar refractivity (Wildman–Crippen MR) is 126 cm³/mol. The summed E-state index contributed by atoms with van der Waals surface area (Å²) in [4.78, 5) is 29.4. The van der Waals surface area contributed by atoms with Gasteiger partial charge in [-0.3, -0.25) is 14.5 Å². The Bertz CT molecular complexity index is 915. The van der Waals surface area contributed by atoms with Gasteiger partial charge in [0.05, 0.1) is 18.5 Å². The van der Waals surface area contributed by atoms with Gasteiger partial charge in [0.15, 0.2) is 0 Å². The molecule has 1 heterocycles. The van der Waals surface area contributed by atoms with Crippen LogP contribution in [0.5, 0.6) is 0 Å². The van der Waals surface area contributed by atoms with Crippen LogP contribution in [0, 0.1) is 18.3 Å². The maximum absolute atomic E-state index is 12.8. The number of nitrogens with one attached hydrogen (secondary N) is 1. The molecular weight excluding hydrogens is 400 g/mol. The van der Waals surface area contributed by atoms with Gasteiger partial charge >= 0.3 is 0 Å². The highest BCUT2D eigenvalue weighted by Gasteiger charge is 2.24. The van der Waals surface area contributed by atoms with Crippen LogP contribution in [0.2, 0.25) is 0 Å². The predicted octanol–water partition coefficient (Wildman–Crippen LogP) is 3.98. The fourth-order valence-corrected chi connectivity index (χ4v) is 4.12. The molecule has 0 aliphatic carbocycles. The number of amides is 2. The minimum atomic E-state index is -0.142. The summed E-state index contributed by atoms with van der Waals surface area (Å²) >= 11 is 0. The smallest absolute Gasteiger partial charge is 0.227 e. The van der Waals surface area contributed by atoms with E-state index in [9.17, 15) is 9.59 Å². The number of carbonyl (C=O) groups is 2. The number of aryl methyl sites for hydroxylation is 1. The van der Waals surface area contributed by atoms with Crippen LogP contribution in [0.1, 0.15) is 49.3 Å². The van der Waals surface area contributed by atoms with E-state index in [0.717, 1.165) is 18.8 Å². The molecule has 1 fully saturated rings. The Morgan fingerprint density at radius 1 is 1.06 bits per heavy atom. The van der Waals surface area contributed by atoms with Crippen molar-refractivity contribution in [2.75, 3.05) is 31.1 Å². The number of para-hydroxylation sites is 1. The number of rotatable bonds is 10. The number of anilines is 1. The summed E-state index contributed by atoms with van der Waals surface area (Å²) in [5, 5.41) is 12.0. The number of hydrogen-bond donors (Lipinski definition) is 1. The van der Waals surface area contributed by atoms with Crippen molar-refractivity contribution in [3.8, 4) is 6.07 Å². The zero-order chi connectivity index (χ0) is 22.8. The van der Waals surface area contributed by atoms with Crippen molar-refractivity contribution < 1.29 is 9.59 Å². The molecule has 32 heavy (non-hydrogen) atoms. The maximum atomic E-state index is 12.8. The first-order chi connectivity index (χ1) is 15.6. The highest BCUT2D eigenvalue weighted by molar-refractivity contribution is 5.95. The Balaban J connectivity index is 1.55. The van der Waals surface area contributed by atoms with Crippen LogP contribution in [0.3, 0.4) is 0 Å². The van der Waals surface area contributed by atoms with E-state index < -0.39 is 0 Å². The molecule has 0 radical (unpaired) electrons. The summed E-state index contributed by atoms with van der Waals surface area (Å²) in [6.07, 6.45) is 2.87. The summed E-state index contributed by atoms with van der Waals surface area (Å²) in [5.74, 6) is -0.265. The minimum Gasteiger partial charge on any atom is -0.354 e. The van der Waals surface area contributed by atoms with E-state index in [1.807, 2.05) is 30.3 Å². The zero-order valence-corrected chi connectivity index (χ0v) is 18.8. The molecular formula is C26H32N4O2. The second-order valence-corrected chi connectivity index (χ2v) is 8.26. The standard InChI is InChI=1S/C26H32N4O2/c1-21-10-12-22(13-11-21)24(29-17-5-6-18-29)20-28-25(31)14-15-26(32)30(19-7-16-27)23-8-3-2-4-9-23/h2-4,8-13,24H,5-7,14-15,17-20H2,1H3,(H,28,31). The zero-order valence-electron chi connectivity index (χ0n) is 18.8. The van der Waals surface area contributed by atoms with Crippen LogP contribution in [0.4, 0.5) is 5.69 Å². The van der Waals surface area contributed by atoms with Crippen molar-refractivity contribution in [2.24, 2.45) is 0 Å². The van der Waals surface area contributed by atoms with Crippen molar-refractivity contribution in [2.45, 2.75) is 45.1 Å². The lowest BCUT2D eigenvalue weighted by molar-refractivity contribution is -0.125. The molecule has 0 aromatic heterocycles. The first kappa shape index (κ1) is 23.5. The van der Waals surface area contributed by atoms with Crippen LogP contribution < -0.4 is 10.2 Å². The van der Waals surface area contributed by atoms with Crippen molar-refractivity contribution in [3.05, 3.63) is 65.7 Å². The van der Waals surface area contributed by atoms with Gasteiger partial charge < -0.3 is 10.2 Å². The van der Waals surface area contributed by atoms with E-state index in [1.54, 1.807) is 4.90 Å². The quantitative estimate of drug-likeness (QED) is 0.616. The Hall–Kier alpha value is -3.17. The second kappa shape index (κ2) is 12.0. The van der Waals surface area contributed by atoms with Gasteiger partial charge in [0.2, 0.25) is 11.8 Å². The van der Waals surface area contributed by atoms with Gasteiger partial charge in [-0.15, -0.1) is 0 Å². The molecule has 168 valence electrons. The summed E-state index contributed by atoms with van der Waals surface area (Å²) in [5.41, 5.74) is 3.18. The fourth-order valence-electron chi connectivity index (χ4n) is 4.12. The molecule has 6 nitrogen and oxygen atoms in total. The van der Waals surface area contributed by atoms with Crippen LogP contribution in [-0.2, 0) is 9.59 Å². The van der Waals surface area contributed by atoms with E-state index in [0.29, 0.717) is 13.1 Å². The average Bonchev–Trinajstić information content (AvgIpc) is 3.34. The monoisotopic (exact) mass is 432 g/mol. The van der Waals surface area contributed by atoms with E-state index >= 15 is 0 Å². The van der Waals surface area contributed by atoms with Crippen LogP contribution in [-0.4, -0.2) is 42.9 Å².